The molecule has 1 amide bonds. The molecule has 0 radical (unpaired) electrons. The molecular formula is C21H27N3O3. The number of aromatic nitrogens is 2. The third kappa shape index (κ3) is 3.04. The van der Waals surface area contributed by atoms with Crippen molar-refractivity contribution in [2.24, 2.45) is 0 Å². The normalized spacial score (nSPS) is 25.6. The van der Waals surface area contributed by atoms with Crippen molar-refractivity contribution in [3.63, 3.8) is 0 Å². The quantitative estimate of drug-likeness (QED) is 0.819. The maximum absolute atomic E-state index is 13.7. The molecule has 6 nitrogen and oxygen atoms in total. The van der Waals surface area contributed by atoms with E-state index in [1.807, 2.05) is 6.07 Å². The Kier molecular flexibility index (Phi) is 4.38. The molecule has 2 aromatic heterocycles. The number of carbonyl (C=O) groups excluding carboxylic acids is 1. The lowest BCUT2D eigenvalue weighted by atomic mass is 9.89. The van der Waals surface area contributed by atoms with Crippen molar-refractivity contribution in [2.75, 3.05) is 13.2 Å². The minimum absolute atomic E-state index is 0.102. The van der Waals surface area contributed by atoms with Crippen molar-refractivity contribution in [1.29, 1.82) is 0 Å². The summed E-state index contributed by atoms with van der Waals surface area (Å²) in [5.74, 6) is 0.567. The van der Waals surface area contributed by atoms with Crippen molar-refractivity contribution < 1.29 is 14.1 Å². The van der Waals surface area contributed by atoms with Crippen molar-refractivity contribution in [3.05, 3.63) is 23.0 Å². The molecular weight excluding hydrogens is 342 g/mol. The minimum atomic E-state index is 0.102. The molecule has 6 heteroatoms. The molecule has 2 aromatic rings. The molecule has 2 aliphatic carbocycles. The van der Waals surface area contributed by atoms with Gasteiger partial charge in [0.1, 0.15) is 0 Å². The number of amides is 1. The number of aryl methyl sites for hydroxylation is 1. The minimum Gasteiger partial charge on any atom is -0.374 e. The van der Waals surface area contributed by atoms with Crippen LogP contribution >= 0.6 is 0 Å². The highest BCUT2D eigenvalue weighted by atomic mass is 16.5. The summed E-state index contributed by atoms with van der Waals surface area (Å²) >= 11 is 0. The lowest BCUT2D eigenvalue weighted by molar-refractivity contribution is -0.0752. The monoisotopic (exact) mass is 369 g/mol. The van der Waals surface area contributed by atoms with Gasteiger partial charge >= 0.3 is 0 Å². The van der Waals surface area contributed by atoms with E-state index in [1.165, 1.54) is 12.8 Å². The van der Waals surface area contributed by atoms with Gasteiger partial charge in [-0.25, -0.2) is 4.98 Å². The molecule has 3 heterocycles. The van der Waals surface area contributed by atoms with Crippen molar-refractivity contribution in [3.8, 4) is 0 Å². The second-order valence-corrected chi connectivity index (χ2v) is 8.19. The van der Waals surface area contributed by atoms with Crippen LogP contribution in [-0.2, 0) is 11.2 Å². The summed E-state index contributed by atoms with van der Waals surface area (Å²) in [5, 5.41) is 5.07. The summed E-state index contributed by atoms with van der Waals surface area (Å²) in [6.45, 7) is 3.40. The first-order valence-electron chi connectivity index (χ1n) is 10.5. The average Bonchev–Trinajstić information content (AvgIpc) is 3.48. The van der Waals surface area contributed by atoms with Crippen LogP contribution in [0.4, 0.5) is 0 Å². The number of carbonyl (C=O) groups is 1. The molecule has 1 saturated heterocycles. The number of rotatable bonds is 4. The van der Waals surface area contributed by atoms with E-state index < -0.39 is 0 Å². The zero-order chi connectivity index (χ0) is 18.4. The number of pyridine rings is 1. The highest BCUT2D eigenvalue weighted by Crippen LogP contribution is 2.41. The molecule has 3 fully saturated rings. The number of hydrogen-bond donors (Lipinski definition) is 0. The summed E-state index contributed by atoms with van der Waals surface area (Å²) in [6, 6.07) is 2.22. The molecule has 0 unspecified atom stereocenters. The van der Waals surface area contributed by atoms with Crippen LogP contribution in [0.25, 0.3) is 11.1 Å². The fraction of sp³-hybridized carbons (Fsp3) is 0.667. The Morgan fingerprint density at radius 2 is 2.11 bits per heavy atom. The third-order valence-electron chi connectivity index (χ3n) is 6.24. The van der Waals surface area contributed by atoms with Gasteiger partial charge in [0.15, 0.2) is 0 Å². The maximum atomic E-state index is 13.7. The SMILES string of the molecule is CCCc1noc2nc(C3CC3)cc(C(=O)N3CCO[C@H]4CCCC[C@@H]43)c12. The Labute approximate surface area is 159 Å². The smallest absolute Gasteiger partial charge is 0.259 e. The fourth-order valence-electron chi connectivity index (χ4n) is 4.70. The van der Waals surface area contributed by atoms with Gasteiger partial charge in [0.2, 0.25) is 0 Å². The van der Waals surface area contributed by atoms with E-state index in [0.717, 1.165) is 60.9 Å². The predicted molar refractivity (Wildman–Crippen MR) is 101 cm³/mol. The summed E-state index contributed by atoms with van der Waals surface area (Å²) in [5.41, 5.74) is 3.11. The maximum Gasteiger partial charge on any atom is 0.259 e. The van der Waals surface area contributed by atoms with Gasteiger partial charge in [0.05, 0.1) is 35.4 Å². The van der Waals surface area contributed by atoms with E-state index in [-0.39, 0.29) is 18.1 Å². The molecule has 5 rings (SSSR count). The van der Waals surface area contributed by atoms with Crippen LogP contribution in [-0.4, -0.2) is 46.2 Å². The Morgan fingerprint density at radius 3 is 2.93 bits per heavy atom. The van der Waals surface area contributed by atoms with Gasteiger partial charge in [0, 0.05) is 18.2 Å². The predicted octanol–water partition coefficient (Wildman–Crippen LogP) is 3.84. The first kappa shape index (κ1) is 17.2. The third-order valence-corrected chi connectivity index (χ3v) is 6.24. The zero-order valence-electron chi connectivity index (χ0n) is 15.9. The number of fused-ring (bicyclic) bond motifs is 2. The van der Waals surface area contributed by atoms with Crippen LogP contribution in [0.2, 0.25) is 0 Å². The Balaban J connectivity index is 1.57. The number of hydrogen-bond acceptors (Lipinski definition) is 5. The van der Waals surface area contributed by atoms with Crippen molar-refractivity contribution in [1.82, 2.24) is 15.0 Å². The summed E-state index contributed by atoms with van der Waals surface area (Å²) in [4.78, 5) is 20.4. The van der Waals surface area contributed by atoms with Crippen LogP contribution in [0.1, 0.15) is 79.5 Å². The second-order valence-electron chi connectivity index (χ2n) is 8.19. The molecule has 1 aliphatic heterocycles. The van der Waals surface area contributed by atoms with Gasteiger partial charge in [-0.1, -0.05) is 31.3 Å². The van der Waals surface area contributed by atoms with E-state index in [0.29, 0.717) is 24.8 Å². The van der Waals surface area contributed by atoms with Crippen LogP contribution in [0.3, 0.4) is 0 Å². The Hall–Kier alpha value is -1.95. The number of morpholine rings is 1. The largest absolute Gasteiger partial charge is 0.374 e. The molecule has 27 heavy (non-hydrogen) atoms. The van der Waals surface area contributed by atoms with Gasteiger partial charge in [-0.15, -0.1) is 0 Å². The molecule has 0 aromatic carbocycles. The van der Waals surface area contributed by atoms with E-state index in [4.69, 9.17) is 9.26 Å². The summed E-state index contributed by atoms with van der Waals surface area (Å²) in [7, 11) is 0. The fourth-order valence-corrected chi connectivity index (χ4v) is 4.70. The molecule has 2 saturated carbocycles. The lowest BCUT2D eigenvalue weighted by Crippen LogP contribution is -2.54. The summed E-state index contributed by atoms with van der Waals surface area (Å²) in [6.07, 6.45) is 8.69. The Bertz CT molecular complexity index is 856. The zero-order valence-corrected chi connectivity index (χ0v) is 15.9. The first-order valence-corrected chi connectivity index (χ1v) is 10.5. The molecule has 0 N–H and O–H groups in total. The topological polar surface area (TPSA) is 68.5 Å². The van der Waals surface area contributed by atoms with Gasteiger partial charge in [-0.3, -0.25) is 4.79 Å². The van der Waals surface area contributed by atoms with Crippen molar-refractivity contribution >= 4 is 17.0 Å². The van der Waals surface area contributed by atoms with Gasteiger partial charge in [-0.05, 0) is 38.2 Å². The molecule has 144 valence electrons. The highest BCUT2D eigenvalue weighted by Gasteiger charge is 2.38. The van der Waals surface area contributed by atoms with E-state index in [9.17, 15) is 4.79 Å². The Morgan fingerprint density at radius 1 is 1.26 bits per heavy atom. The van der Waals surface area contributed by atoms with Gasteiger partial charge < -0.3 is 14.2 Å². The number of ether oxygens (including phenoxy) is 1. The molecule has 3 aliphatic rings. The van der Waals surface area contributed by atoms with E-state index in [1.54, 1.807) is 0 Å². The van der Waals surface area contributed by atoms with E-state index in [2.05, 4.69) is 22.0 Å². The molecule has 0 bridgehead atoms. The first-order chi connectivity index (χ1) is 13.3. The average molecular weight is 369 g/mol. The standard InChI is InChI=1S/C21H27N3O3/c1-2-5-15-19-14(12-16(13-8-9-13)22-20(19)27-23-15)21(25)24-10-11-26-18-7-4-3-6-17(18)24/h12-13,17-18H,2-11H2,1H3/t17-,18-/m0/s1. The van der Waals surface area contributed by atoms with E-state index >= 15 is 0 Å². The van der Waals surface area contributed by atoms with Gasteiger partial charge in [-0.2, -0.15) is 0 Å². The second kappa shape index (κ2) is 6.89. The number of nitrogens with zero attached hydrogens (tertiary/aromatic N) is 3. The van der Waals surface area contributed by atoms with Crippen LogP contribution in [0, 0.1) is 0 Å². The van der Waals surface area contributed by atoms with Crippen LogP contribution in [0.15, 0.2) is 10.6 Å². The van der Waals surface area contributed by atoms with Crippen molar-refractivity contribution in [2.45, 2.75) is 76.4 Å². The van der Waals surface area contributed by atoms with Crippen LogP contribution in [0.5, 0.6) is 0 Å². The molecule has 2 atom stereocenters. The summed E-state index contributed by atoms with van der Waals surface area (Å²) < 4.78 is 11.5. The van der Waals surface area contributed by atoms with Gasteiger partial charge in [0.25, 0.3) is 11.6 Å². The highest BCUT2D eigenvalue weighted by molar-refractivity contribution is 6.06. The lowest BCUT2D eigenvalue weighted by Gasteiger charge is -2.43. The van der Waals surface area contributed by atoms with Crippen LogP contribution < -0.4 is 0 Å². The molecule has 0 spiro atoms.